The summed E-state index contributed by atoms with van der Waals surface area (Å²) >= 11 is 6.03. The number of methoxy groups -OCH3 is 1. The molecule has 0 aliphatic rings. The molecule has 2 aromatic rings. The van der Waals surface area contributed by atoms with Crippen LogP contribution in [0.1, 0.15) is 22.8 Å². The Labute approximate surface area is 135 Å². The van der Waals surface area contributed by atoms with E-state index < -0.39 is 0 Å². The van der Waals surface area contributed by atoms with Crippen LogP contribution in [0.3, 0.4) is 0 Å². The molecule has 0 heterocycles. The molecule has 0 aliphatic heterocycles. The summed E-state index contributed by atoms with van der Waals surface area (Å²) in [6, 6.07) is 12.6. The van der Waals surface area contributed by atoms with Gasteiger partial charge in [0, 0.05) is 17.7 Å². The highest BCUT2D eigenvalue weighted by atomic mass is 35.5. The van der Waals surface area contributed by atoms with E-state index in [1.165, 1.54) is 7.11 Å². The van der Waals surface area contributed by atoms with E-state index >= 15 is 0 Å². The Morgan fingerprint density at radius 2 is 1.95 bits per heavy atom. The number of amides is 1. The maximum Gasteiger partial charge on any atom is 0.251 e. The molecule has 0 atom stereocenters. The molecular formula is C17H18ClNO3. The van der Waals surface area contributed by atoms with Crippen molar-refractivity contribution in [3.05, 3.63) is 58.6 Å². The molecule has 0 spiro atoms. The summed E-state index contributed by atoms with van der Waals surface area (Å²) in [6.07, 6.45) is 0. The number of ether oxygens (including phenoxy) is 2. The molecule has 0 radical (unpaired) electrons. The Morgan fingerprint density at radius 1 is 1.18 bits per heavy atom. The number of rotatable bonds is 6. The zero-order valence-electron chi connectivity index (χ0n) is 12.6. The number of para-hydroxylation sites is 1. The van der Waals surface area contributed by atoms with E-state index in [0.717, 1.165) is 11.3 Å². The van der Waals surface area contributed by atoms with Crippen LogP contribution in [0.15, 0.2) is 42.5 Å². The second kappa shape index (κ2) is 7.71. The molecule has 1 amide bonds. The smallest absolute Gasteiger partial charge is 0.251 e. The highest BCUT2D eigenvalue weighted by Crippen LogP contribution is 2.25. The third-order valence-corrected chi connectivity index (χ3v) is 3.42. The Hall–Kier alpha value is -2.20. The van der Waals surface area contributed by atoms with Crippen LogP contribution >= 0.6 is 11.6 Å². The zero-order chi connectivity index (χ0) is 15.9. The van der Waals surface area contributed by atoms with E-state index in [0.29, 0.717) is 29.5 Å². The van der Waals surface area contributed by atoms with Crippen molar-refractivity contribution < 1.29 is 14.3 Å². The Balaban J connectivity index is 2.05. The molecule has 0 fully saturated rings. The van der Waals surface area contributed by atoms with Gasteiger partial charge < -0.3 is 14.8 Å². The van der Waals surface area contributed by atoms with Crippen molar-refractivity contribution in [3.8, 4) is 11.5 Å². The number of hydrogen-bond acceptors (Lipinski definition) is 3. The van der Waals surface area contributed by atoms with Crippen LogP contribution in [0.5, 0.6) is 11.5 Å². The highest BCUT2D eigenvalue weighted by Gasteiger charge is 2.10. The molecule has 0 bridgehead atoms. The fourth-order valence-corrected chi connectivity index (χ4v) is 2.29. The van der Waals surface area contributed by atoms with Gasteiger partial charge >= 0.3 is 0 Å². The first-order valence-electron chi connectivity index (χ1n) is 6.98. The van der Waals surface area contributed by atoms with Crippen LogP contribution in [0.25, 0.3) is 0 Å². The van der Waals surface area contributed by atoms with Gasteiger partial charge in [-0.3, -0.25) is 4.79 Å². The lowest BCUT2D eigenvalue weighted by molar-refractivity contribution is 0.0950. The van der Waals surface area contributed by atoms with Gasteiger partial charge in [-0.1, -0.05) is 29.8 Å². The van der Waals surface area contributed by atoms with E-state index in [9.17, 15) is 4.79 Å². The third kappa shape index (κ3) is 3.92. The van der Waals surface area contributed by atoms with Crippen LogP contribution in [-0.2, 0) is 6.54 Å². The van der Waals surface area contributed by atoms with Gasteiger partial charge in [-0.25, -0.2) is 0 Å². The van der Waals surface area contributed by atoms with Gasteiger partial charge in [-0.15, -0.1) is 0 Å². The standard InChI is InChI=1S/C17H18ClNO3/c1-3-22-15-7-5-4-6-13(15)11-19-17(20)12-8-9-16(21-2)14(18)10-12/h4-10H,3,11H2,1-2H3,(H,19,20). The Morgan fingerprint density at radius 3 is 2.64 bits per heavy atom. The van der Waals surface area contributed by atoms with E-state index in [1.54, 1.807) is 18.2 Å². The summed E-state index contributed by atoms with van der Waals surface area (Å²) in [6.45, 7) is 2.90. The van der Waals surface area contributed by atoms with E-state index in [1.807, 2.05) is 31.2 Å². The second-order valence-corrected chi connectivity index (χ2v) is 4.98. The topological polar surface area (TPSA) is 47.6 Å². The lowest BCUT2D eigenvalue weighted by atomic mass is 10.1. The minimum Gasteiger partial charge on any atom is -0.495 e. The largest absolute Gasteiger partial charge is 0.495 e. The minimum absolute atomic E-state index is 0.198. The SMILES string of the molecule is CCOc1ccccc1CNC(=O)c1ccc(OC)c(Cl)c1. The molecule has 5 heteroatoms. The maximum atomic E-state index is 12.2. The summed E-state index contributed by atoms with van der Waals surface area (Å²) in [7, 11) is 1.53. The maximum absolute atomic E-state index is 12.2. The van der Waals surface area contributed by atoms with Gasteiger partial charge in [0.15, 0.2) is 0 Å². The van der Waals surface area contributed by atoms with Gasteiger partial charge in [-0.05, 0) is 31.2 Å². The van der Waals surface area contributed by atoms with E-state index in [-0.39, 0.29) is 5.91 Å². The second-order valence-electron chi connectivity index (χ2n) is 4.57. The van der Waals surface area contributed by atoms with Gasteiger partial charge in [0.25, 0.3) is 5.91 Å². The summed E-state index contributed by atoms with van der Waals surface area (Å²) in [4.78, 5) is 12.2. The van der Waals surface area contributed by atoms with Crippen molar-refractivity contribution in [2.24, 2.45) is 0 Å². The van der Waals surface area contributed by atoms with Crippen LogP contribution in [-0.4, -0.2) is 19.6 Å². The molecule has 0 aliphatic carbocycles. The van der Waals surface area contributed by atoms with Crippen molar-refractivity contribution in [3.63, 3.8) is 0 Å². The van der Waals surface area contributed by atoms with Crippen LogP contribution in [0.4, 0.5) is 0 Å². The molecule has 2 aromatic carbocycles. The first-order valence-corrected chi connectivity index (χ1v) is 7.36. The van der Waals surface area contributed by atoms with Gasteiger partial charge in [0.2, 0.25) is 0 Å². The zero-order valence-corrected chi connectivity index (χ0v) is 13.3. The van der Waals surface area contributed by atoms with Gasteiger partial charge in [-0.2, -0.15) is 0 Å². The fraction of sp³-hybridized carbons (Fsp3) is 0.235. The molecule has 22 heavy (non-hydrogen) atoms. The molecule has 0 aromatic heterocycles. The monoisotopic (exact) mass is 319 g/mol. The first kappa shape index (κ1) is 16.2. The molecule has 0 saturated heterocycles. The predicted molar refractivity (Wildman–Crippen MR) is 86.8 cm³/mol. The van der Waals surface area contributed by atoms with Crippen LogP contribution in [0.2, 0.25) is 5.02 Å². The summed E-state index contributed by atoms with van der Waals surface area (Å²) in [5.41, 5.74) is 1.41. The average Bonchev–Trinajstić information content (AvgIpc) is 2.54. The van der Waals surface area contributed by atoms with Crippen molar-refractivity contribution >= 4 is 17.5 Å². The molecule has 0 saturated carbocycles. The Bertz CT molecular complexity index is 658. The van der Waals surface area contributed by atoms with E-state index in [4.69, 9.17) is 21.1 Å². The third-order valence-electron chi connectivity index (χ3n) is 3.13. The summed E-state index contributed by atoms with van der Waals surface area (Å²) in [5, 5.41) is 3.27. The number of carbonyl (C=O) groups is 1. The van der Waals surface area contributed by atoms with Crippen molar-refractivity contribution in [2.75, 3.05) is 13.7 Å². The molecule has 2 rings (SSSR count). The van der Waals surface area contributed by atoms with Crippen molar-refractivity contribution in [1.29, 1.82) is 0 Å². The van der Waals surface area contributed by atoms with E-state index in [2.05, 4.69) is 5.32 Å². The van der Waals surface area contributed by atoms with Crippen molar-refractivity contribution in [2.45, 2.75) is 13.5 Å². The summed E-state index contributed by atoms with van der Waals surface area (Å²) in [5.74, 6) is 1.12. The molecule has 0 unspecified atom stereocenters. The number of nitrogens with one attached hydrogen (secondary N) is 1. The molecular weight excluding hydrogens is 302 g/mol. The van der Waals surface area contributed by atoms with Crippen molar-refractivity contribution in [1.82, 2.24) is 5.32 Å². The molecule has 116 valence electrons. The quantitative estimate of drug-likeness (QED) is 0.883. The first-order chi connectivity index (χ1) is 10.7. The normalized spacial score (nSPS) is 10.1. The van der Waals surface area contributed by atoms with Gasteiger partial charge in [0.05, 0.1) is 18.7 Å². The average molecular weight is 320 g/mol. The van der Waals surface area contributed by atoms with Crippen LogP contribution < -0.4 is 14.8 Å². The Kier molecular flexibility index (Phi) is 5.67. The fourth-order valence-electron chi connectivity index (χ4n) is 2.03. The number of halogens is 1. The lowest BCUT2D eigenvalue weighted by Crippen LogP contribution is -2.23. The number of hydrogen-bond donors (Lipinski definition) is 1. The number of carbonyl (C=O) groups excluding carboxylic acids is 1. The highest BCUT2D eigenvalue weighted by molar-refractivity contribution is 6.32. The summed E-state index contributed by atoms with van der Waals surface area (Å²) < 4.78 is 10.6. The van der Waals surface area contributed by atoms with Gasteiger partial charge in [0.1, 0.15) is 11.5 Å². The predicted octanol–water partition coefficient (Wildman–Crippen LogP) is 3.68. The number of benzene rings is 2. The molecule has 4 nitrogen and oxygen atoms in total. The molecule has 1 N–H and O–H groups in total. The van der Waals surface area contributed by atoms with Crippen LogP contribution in [0, 0.1) is 0 Å². The lowest BCUT2D eigenvalue weighted by Gasteiger charge is -2.11. The minimum atomic E-state index is -0.198.